The van der Waals surface area contributed by atoms with E-state index in [4.69, 9.17) is 5.11 Å². The quantitative estimate of drug-likeness (QED) is 0.287. The number of carbonyl (C=O) groups is 3. The van der Waals surface area contributed by atoms with E-state index in [0.29, 0.717) is 11.5 Å². The molecule has 3 rings (SSSR count). The molecule has 0 aromatic heterocycles. The Morgan fingerprint density at radius 2 is 1.66 bits per heavy atom. The summed E-state index contributed by atoms with van der Waals surface area (Å²) in [6.07, 6.45) is -1.24. The van der Waals surface area contributed by atoms with Gasteiger partial charge >= 0.3 is 18.2 Å². The second-order valence-corrected chi connectivity index (χ2v) is 11.4. The fraction of sp³-hybridized carbons (Fsp3) is 0.467. The van der Waals surface area contributed by atoms with E-state index in [9.17, 15) is 32.8 Å². The molecule has 1 fully saturated rings. The highest BCUT2D eigenvalue weighted by molar-refractivity contribution is 5.94. The molecule has 2 aromatic rings. The van der Waals surface area contributed by atoms with Crippen LogP contribution in [0.2, 0.25) is 0 Å². The van der Waals surface area contributed by atoms with Gasteiger partial charge in [-0.1, -0.05) is 32.9 Å². The number of nitriles is 1. The first kappa shape index (κ1) is 31.5. The van der Waals surface area contributed by atoms with Crippen LogP contribution in [0.15, 0.2) is 42.5 Å². The molecule has 2 aromatic carbocycles. The Hall–Kier alpha value is -4.07. The van der Waals surface area contributed by atoms with E-state index in [2.05, 4.69) is 36.7 Å². The summed E-state index contributed by atoms with van der Waals surface area (Å²) >= 11 is 0. The molecule has 41 heavy (non-hydrogen) atoms. The number of alkyl halides is 3. The number of benzene rings is 2. The zero-order valence-corrected chi connectivity index (χ0v) is 23.3. The van der Waals surface area contributed by atoms with Gasteiger partial charge in [-0.15, -0.1) is 0 Å². The van der Waals surface area contributed by atoms with Crippen molar-refractivity contribution in [2.24, 2.45) is 17.3 Å². The van der Waals surface area contributed by atoms with Crippen LogP contribution in [0, 0.1) is 28.6 Å². The first-order valence-electron chi connectivity index (χ1n) is 13.5. The fourth-order valence-corrected chi connectivity index (χ4v) is 5.29. The number of hydrogen-bond acceptors (Lipinski definition) is 4. The molecule has 4 N–H and O–H groups in total. The van der Waals surface area contributed by atoms with Crippen molar-refractivity contribution < 1.29 is 32.7 Å². The second-order valence-electron chi connectivity index (χ2n) is 11.4. The van der Waals surface area contributed by atoms with E-state index < -0.39 is 41.3 Å². The van der Waals surface area contributed by atoms with Gasteiger partial charge in [-0.25, -0.2) is 4.79 Å². The van der Waals surface area contributed by atoms with Gasteiger partial charge in [-0.2, -0.15) is 18.4 Å². The minimum absolute atomic E-state index is 0.00521. The molecule has 0 bridgehead atoms. The summed E-state index contributed by atoms with van der Waals surface area (Å²) in [5.41, 5.74) is -0.368. The molecule has 1 aliphatic carbocycles. The summed E-state index contributed by atoms with van der Waals surface area (Å²) in [5, 5.41) is 26.0. The summed E-state index contributed by atoms with van der Waals surface area (Å²) in [6, 6.07) is 9.99. The van der Waals surface area contributed by atoms with Crippen LogP contribution in [0.4, 0.5) is 23.7 Å². The lowest BCUT2D eigenvalue weighted by atomic mass is 9.68. The van der Waals surface area contributed by atoms with Crippen LogP contribution >= 0.6 is 0 Å². The molecular weight excluding hydrogens is 537 g/mol. The molecule has 11 heteroatoms. The van der Waals surface area contributed by atoms with Gasteiger partial charge in [-0.05, 0) is 78.8 Å². The molecular formula is C30H35F3N4O4. The van der Waals surface area contributed by atoms with Crippen LogP contribution in [0.25, 0.3) is 0 Å². The number of hydrogen-bond donors (Lipinski definition) is 4. The maximum atomic E-state index is 13.2. The Morgan fingerprint density at radius 1 is 1.02 bits per heavy atom. The minimum atomic E-state index is -4.69. The van der Waals surface area contributed by atoms with Crippen molar-refractivity contribution in [3.05, 3.63) is 64.7 Å². The lowest BCUT2D eigenvalue weighted by Crippen LogP contribution is -2.38. The maximum absolute atomic E-state index is 13.2. The van der Waals surface area contributed by atoms with E-state index >= 15 is 0 Å². The number of halogens is 3. The molecule has 3 amide bonds. The Bertz CT molecular complexity index is 1290. The van der Waals surface area contributed by atoms with Crippen molar-refractivity contribution >= 4 is 23.6 Å². The van der Waals surface area contributed by atoms with E-state index in [1.165, 1.54) is 6.07 Å². The average molecular weight is 573 g/mol. The van der Waals surface area contributed by atoms with E-state index in [-0.39, 0.29) is 30.0 Å². The van der Waals surface area contributed by atoms with Gasteiger partial charge in [0.05, 0.1) is 29.7 Å². The molecule has 1 aliphatic rings. The first-order chi connectivity index (χ1) is 19.2. The molecule has 0 aliphatic heterocycles. The van der Waals surface area contributed by atoms with Gasteiger partial charge in [0.1, 0.15) is 0 Å². The van der Waals surface area contributed by atoms with Crippen LogP contribution in [-0.4, -0.2) is 29.6 Å². The Labute approximate surface area is 237 Å². The van der Waals surface area contributed by atoms with Gasteiger partial charge in [0, 0.05) is 17.8 Å². The van der Waals surface area contributed by atoms with Crippen LogP contribution in [0.1, 0.15) is 86.0 Å². The molecule has 0 saturated heterocycles. The van der Waals surface area contributed by atoms with Crippen LogP contribution < -0.4 is 16.0 Å². The van der Waals surface area contributed by atoms with Crippen LogP contribution in [-0.2, 0) is 11.0 Å². The van der Waals surface area contributed by atoms with Crippen LogP contribution in [0.3, 0.4) is 0 Å². The number of amides is 3. The lowest BCUT2D eigenvalue weighted by molar-refractivity contribution is -0.138. The summed E-state index contributed by atoms with van der Waals surface area (Å²) in [7, 11) is 0. The minimum Gasteiger partial charge on any atom is -0.481 e. The number of nitrogens with one attached hydrogen (secondary N) is 3. The average Bonchev–Trinajstić information content (AvgIpc) is 2.90. The molecule has 220 valence electrons. The Kier molecular flexibility index (Phi) is 10.0. The molecule has 0 radical (unpaired) electrons. The molecule has 1 saturated carbocycles. The maximum Gasteiger partial charge on any atom is 0.417 e. The van der Waals surface area contributed by atoms with Crippen molar-refractivity contribution in [1.29, 1.82) is 5.26 Å². The predicted octanol–water partition coefficient (Wildman–Crippen LogP) is 6.50. The smallest absolute Gasteiger partial charge is 0.417 e. The Balaban J connectivity index is 1.79. The molecule has 0 heterocycles. The number of carbonyl (C=O) groups excluding carboxylic acids is 2. The fourth-order valence-electron chi connectivity index (χ4n) is 5.29. The third kappa shape index (κ3) is 8.71. The van der Waals surface area contributed by atoms with Crippen molar-refractivity contribution in [3.8, 4) is 6.07 Å². The third-order valence-corrected chi connectivity index (χ3v) is 7.61. The highest BCUT2D eigenvalue weighted by Gasteiger charge is 2.35. The molecule has 8 nitrogen and oxygen atoms in total. The number of anilines is 1. The van der Waals surface area contributed by atoms with Gasteiger partial charge in [-0.3, -0.25) is 9.59 Å². The van der Waals surface area contributed by atoms with Crippen LogP contribution in [0.5, 0.6) is 0 Å². The summed E-state index contributed by atoms with van der Waals surface area (Å²) in [4.78, 5) is 36.1. The van der Waals surface area contributed by atoms with Crippen molar-refractivity contribution in [3.63, 3.8) is 0 Å². The number of carboxylic acids is 1. The van der Waals surface area contributed by atoms with Gasteiger partial charge in [0.25, 0.3) is 5.91 Å². The van der Waals surface area contributed by atoms with Crippen molar-refractivity contribution in [2.75, 3.05) is 11.9 Å². The summed E-state index contributed by atoms with van der Waals surface area (Å²) in [5.74, 6) is -0.825. The number of nitrogens with zero attached hydrogens (tertiary/aromatic N) is 1. The summed E-state index contributed by atoms with van der Waals surface area (Å²) in [6.45, 7) is 6.62. The normalized spacial score (nSPS) is 18.1. The second kappa shape index (κ2) is 13.1. The number of aliphatic carboxylic acids is 1. The van der Waals surface area contributed by atoms with Gasteiger partial charge in [0.2, 0.25) is 0 Å². The largest absolute Gasteiger partial charge is 0.481 e. The Morgan fingerprint density at radius 3 is 2.20 bits per heavy atom. The van der Waals surface area contributed by atoms with E-state index in [1.54, 1.807) is 24.3 Å². The standard InChI is InChI=1S/C30H35F3N4O4/c1-29(2,3)22-10-8-19(9-11-22)26(18-4-6-20(7-5-18)27(40)35-15-14-25(38)39)37-28(41)36-23-12-13-24(30(31,32)33)21(16-23)17-34/h4-7,12-13,16,19,22,26H,8-11,14-15H2,1-3H3,(H,35,40)(H,38,39)(H2,36,37,41). The highest BCUT2D eigenvalue weighted by atomic mass is 19.4. The number of carboxylic acid groups (broad SMARTS) is 1. The lowest BCUT2D eigenvalue weighted by Gasteiger charge is -2.39. The zero-order valence-electron chi connectivity index (χ0n) is 23.3. The monoisotopic (exact) mass is 572 g/mol. The molecule has 1 unspecified atom stereocenters. The molecule has 0 spiro atoms. The van der Waals surface area contributed by atoms with Gasteiger partial charge in [0.15, 0.2) is 0 Å². The number of rotatable bonds is 8. The SMILES string of the molecule is CC(C)(C)C1CCC(C(NC(=O)Nc2ccc(C(F)(F)F)c(C#N)c2)c2ccc(C(=O)NCCC(=O)O)cc2)CC1. The van der Waals surface area contributed by atoms with E-state index in [0.717, 1.165) is 49.4 Å². The van der Waals surface area contributed by atoms with E-state index in [1.807, 2.05) is 0 Å². The van der Waals surface area contributed by atoms with Crippen molar-refractivity contribution in [2.45, 2.75) is 65.1 Å². The zero-order chi connectivity index (χ0) is 30.4. The number of urea groups is 1. The third-order valence-electron chi connectivity index (χ3n) is 7.61. The van der Waals surface area contributed by atoms with Crippen molar-refractivity contribution in [1.82, 2.24) is 10.6 Å². The first-order valence-corrected chi connectivity index (χ1v) is 13.5. The summed E-state index contributed by atoms with van der Waals surface area (Å²) < 4.78 is 39.5. The topological polar surface area (TPSA) is 131 Å². The predicted molar refractivity (Wildman–Crippen MR) is 147 cm³/mol. The van der Waals surface area contributed by atoms with Gasteiger partial charge < -0.3 is 21.1 Å². The highest BCUT2D eigenvalue weighted by Crippen LogP contribution is 2.43. The molecule has 1 atom stereocenters.